The fourth-order valence-electron chi connectivity index (χ4n) is 3.06. The highest BCUT2D eigenvalue weighted by Crippen LogP contribution is 2.31. The van der Waals surface area contributed by atoms with E-state index in [0.717, 1.165) is 24.8 Å². The summed E-state index contributed by atoms with van der Waals surface area (Å²) in [7, 11) is 0. The van der Waals surface area contributed by atoms with Crippen LogP contribution in [0.15, 0.2) is 60.7 Å². The summed E-state index contributed by atoms with van der Waals surface area (Å²) < 4.78 is 29.5. The monoisotopic (exact) mass is 360 g/mol. The van der Waals surface area contributed by atoms with Gasteiger partial charge in [0.25, 0.3) is 0 Å². The minimum atomic E-state index is -0.822. The molecule has 3 aromatic rings. The molecule has 0 aromatic heterocycles. The summed E-state index contributed by atoms with van der Waals surface area (Å²) in [6, 6.07) is 18.1. The van der Waals surface area contributed by atoms with Crippen LogP contribution >= 0.6 is 0 Å². The molecule has 136 valence electrons. The summed E-state index contributed by atoms with van der Waals surface area (Å²) in [4.78, 5) is 0. The van der Waals surface area contributed by atoms with Gasteiger partial charge in [-0.3, -0.25) is 0 Å². The number of aryl methyl sites for hydroxylation is 1. The molecule has 0 aliphatic carbocycles. The third kappa shape index (κ3) is 4.26. The highest BCUT2D eigenvalue weighted by atomic mass is 19.2. The van der Waals surface area contributed by atoms with Gasteiger partial charge in [-0.25, -0.2) is 8.78 Å². The Morgan fingerprint density at radius 1 is 0.704 bits per heavy atom. The summed E-state index contributed by atoms with van der Waals surface area (Å²) >= 11 is 0. The van der Waals surface area contributed by atoms with E-state index in [0.29, 0.717) is 11.1 Å². The van der Waals surface area contributed by atoms with Gasteiger partial charge in [0.05, 0.1) is 0 Å². The van der Waals surface area contributed by atoms with E-state index >= 15 is 0 Å². The van der Waals surface area contributed by atoms with E-state index in [-0.39, 0.29) is 11.1 Å². The van der Waals surface area contributed by atoms with E-state index in [1.807, 2.05) is 43.3 Å². The Kier molecular flexibility index (Phi) is 6.04. The van der Waals surface area contributed by atoms with Gasteiger partial charge in [-0.1, -0.05) is 80.6 Å². The normalized spacial score (nSPS) is 10.4. The highest BCUT2D eigenvalue weighted by molar-refractivity contribution is 5.72. The lowest BCUT2D eigenvalue weighted by Crippen LogP contribution is -1.94. The molecule has 0 saturated heterocycles. The van der Waals surface area contributed by atoms with Crippen LogP contribution in [0, 0.1) is 23.5 Å². The summed E-state index contributed by atoms with van der Waals surface area (Å²) in [5, 5.41) is 0. The molecule has 3 aromatic carbocycles. The average molecular weight is 360 g/mol. The fourth-order valence-corrected chi connectivity index (χ4v) is 3.06. The van der Waals surface area contributed by atoms with E-state index in [9.17, 15) is 8.78 Å². The zero-order valence-corrected chi connectivity index (χ0v) is 15.7. The number of benzene rings is 3. The van der Waals surface area contributed by atoms with Crippen LogP contribution in [0.2, 0.25) is 0 Å². The molecular formula is C25H22F2. The van der Waals surface area contributed by atoms with Gasteiger partial charge in [0.2, 0.25) is 0 Å². The van der Waals surface area contributed by atoms with E-state index in [4.69, 9.17) is 0 Å². The molecule has 0 N–H and O–H groups in total. The standard InChI is InChI=1S/C25H22F2/c1-3-5-7-19-10-14-21(15-11-19)23-17-16-22(24(26)25(23)27)20-12-8-18(6-4-2)9-13-20/h8-17H,3-4,6H2,1-2H3. The van der Waals surface area contributed by atoms with E-state index in [1.54, 1.807) is 24.3 Å². The molecule has 0 saturated carbocycles. The first-order chi connectivity index (χ1) is 13.1. The molecule has 0 spiro atoms. The summed E-state index contributed by atoms with van der Waals surface area (Å²) in [5.74, 6) is 4.39. The van der Waals surface area contributed by atoms with Crippen LogP contribution < -0.4 is 0 Å². The average Bonchev–Trinajstić information content (AvgIpc) is 2.70. The third-order valence-corrected chi connectivity index (χ3v) is 4.49. The molecule has 27 heavy (non-hydrogen) atoms. The van der Waals surface area contributed by atoms with Gasteiger partial charge in [-0.2, -0.15) is 0 Å². The molecule has 0 amide bonds. The molecule has 0 bridgehead atoms. The van der Waals surface area contributed by atoms with Gasteiger partial charge in [-0.05, 0) is 35.2 Å². The van der Waals surface area contributed by atoms with Crippen molar-refractivity contribution in [2.75, 3.05) is 0 Å². The van der Waals surface area contributed by atoms with E-state index < -0.39 is 11.6 Å². The highest BCUT2D eigenvalue weighted by Gasteiger charge is 2.16. The molecule has 0 heterocycles. The Bertz CT molecular complexity index is 972. The van der Waals surface area contributed by atoms with Crippen LogP contribution in [-0.4, -0.2) is 0 Å². The van der Waals surface area contributed by atoms with Crippen LogP contribution in [0.1, 0.15) is 37.8 Å². The van der Waals surface area contributed by atoms with E-state index in [1.165, 1.54) is 5.56 Å². The van der Waals surface area contributed by atoms with Crippen molar-refractivity contribution in [1.29, 1.82) is 0 Å². The predicted octanol–water partition coefficient (Wildman–Crippen LogP) is 7.01. The summed E-state index contributed by atoms with van der Waals surface area (Å²) in [5.41, 5.74) is 3.93. The van der Waals surface area contributed by atoms with Crippen molar-refractivity contribution >= 4 is 0 Å². The van der Waals surface area contributed by atoms with Crippen LogP contribution in [0.3, 0.4) is 0 Å². The Hall–Kier alpha value is -2.92. The van der Waals surface area contributed by atoms with Crippen molar-refractivity contribution in [3.05, 3.63) is 83.4 Å². The molecule has 0 radical (unpaired) electrons. The van der Waals surface area contributed by atoms with Crippen molar-refractivity contribution in [2.45, 2.75) is 33.1 Å². The molecule has 0 aliphatic rings. The first-order valence-corrected chi connectivity index (χ1v) is 9.30. The Morgan fingerprint density at radius 2 is 1.22 bits per heavy atom. The van der Waals surface area contributed by atoms with Crippen LogP contribution in [-0.2, 0) is 6.42 Å². The van der Waals surface area contributed by atoms with Gasteiger partial charge in [0, 0.05) is 23.1 Å². The van der Waals surface area contributed by atoms with Gasteiger partial charge >= 0.3 is 0 Å². The smallest absolute Gasteiger partial charge is 0.167 e. The quantitative estimate of drug-likeness (QED) is 0.439. The van der Waals surface area contributed by atoms with Crippen molar-refractivity contribution in [3.8, 4) is 34.1 Å². The maximum Gasteiger partial charge on any atom is 0.167 e. The molecule has 0 unspecified atom stereocenters. The molecule has 0 atom stereocenters. The second-order valence-corrected chi connectivity index (χ2v) is 6.47. The minimum Gasteiger partial charge on any atom is -0.203 e. The number of rotatable bonds is 4. The molecule has 0 nitrogen and oxygen atoms in total. The zero-order valence-electron chi connectivity index (χ0n) is 15.7. The fraction of sp³-hybridized carbons (Fsp3) is 0.200. The molecule has 0 aliphatic heterocycles. The Labute approximate surface area is 159 Å². The lowest BCUT2D eigenvalue weighted by atomic mass is 9.97. The maximum absolute atomic E-state index is 14.7. The number of halogens is 2. The Morgan fingerprint density at radius 3 is 1.70 bits per heavy atom. The number of hydrogen-bond acceptors (Lipinski definition) is 0. The van der Waals surface area contributed by atoms with Crippen molar-refractivity contribution in [2.24, 2.45) is 0 Å². The maximum atomic E-state index is 14.7. The minimum absolute atomic E-state index is 0.258. The predicted molar refractivity (Wildman–Crippen MR) is 108 cm³/mol. The topological polar surface area (TPSA) is 0 Å². The molecule has 3 rings (SSSR count). The summed E-state index contributed by atoms with van der Waals surface area (Å²) in [6.45, 7) is 4.10. The third-order valence-electron chi connectivity index (χ3n) is 4.49. The van der Waals surface area contributed by atoms with Gasteiger partial charge in [0.1, 0.15) is 0 Å². The van der Waals surface area contributed by atoms with Crippen molar-refractivity contribution in [1.82, 2.24) is 0 Å². The molecule has 0 fully saturated rings. The van der Waals surface area contributed by atoms with Crippen molar-refractivity contribution < 1.29 is 8.78 Å². The second-order valence-electron chi connectivity index (χ2n) is 6.47. The first kappa shape index (κ1) is 18.9. The van der Waals surface area contributed by atoms with Gasteiger partial charge in [0.15, 0.2) is 11.6 Å². The van der Waals surface area contributed by atoms with Crippen molar-refractivity contribution in [3.63, 3.8) is 0 Å². The van der Waals surface area contributed by atoms with Crippen LogP contribution in [0.25, 0.3) is 22.3 Å². The zero-order chi connectivity index (χ0) is 19.2. The lowest BCUT2D eigenvalue weighted by molar-refractivity contribution is 0.514. The van der Waals surface area contributed by atoms with E-state index in [2.05, 4.69) is 18.8 Å². The largest absolute Gasteiger partial charge is 0.203 e. The lowest BCUT2D eigenvalue weighted by Gasteiger charge is -2.10. The number of hydrogen-bond donors (Lipinski definition) is 0. The van der Waals surface area contributed by atoms with Gasteiger partial charge < -0.3 is 0 Å². The van der Waals surface area contributed by atoms with Gasteiger partial charge in [-0.15, -0.1) is 0 Å². The first-order valence-electron chi connectivity index (χ1n) is 9.30. The molecular weight excluding hydrogens is 338 g/mol. The molecule has 2 heteroatoms. The Balaban J connectivity index is 1.93. The van der Waals surface area contributed by atoms with Crippen LogP contribution in [0.5, 0.6) is 0 Å². The SMILES string of the molecule is CCC#Cc1ccc(-c2ccc(-c3ccc(CCC)cc3)c(F)c2F)cc1. The van der Waals surface area contributed by atoms with Crippen LogP contribution in [0.4, 0.5) is 8.78 Å². The second kappa shape index (κ2) is 8.64. The summed E-state index contributed by atoms with van der Waals surface area (Å²) in [6.07, 6.45) is 2.82.